The van der Waals surface area contributed by atoms with Gasteiger partial charge in [-0.05, 0) is 7.05 Å². The fourth-order valence-corrected chi connectivity index (χ4v) is 0.992. The summed E-state index contributed by atoms with van der Waals surface area (Å²) in [6.45, 7) is 2.02. The third-order valence-corrected chi connectivity index (χ3v) is 1.76. The van der Waals surface area contributed by atoms with Gasteiger partial charge in [-0.25, -0.2) is 0 Å². The van der Waals surface area contributed by atoms with E-state index in [9.17, 15) is 0 Å². The van der Waals surface area contributed by atoms with Crippen LogP contribution in [0.5, 0.6) is 0 Å². The molecule has 0 bridgehead atoms. The maximum Gasteiger partial charge on any atom is 0.195 e. The number of hydrogen-bond donors (Lipinski definition) is 2. The maximum atomic E-state index is 5.44. The molecular formula is C3H11ClN2Si. The molecule has 0 rings (SSSR count). The molecule has 0 aromatic heterocycles. The Morgan fingerprint density at radius 3 is 2.71 bits per heavy atom. The molecule has 0 fully saturated rings. The summed E-state index contributed by atoms with van der Waals surface area (Å²) in [6, 6.07) is 0. The van der Waals surface area contributed by atoms with E-state index in [-0.39, 0.29) is 0 Å². The Balaban J connectivity index is 2.45. The van der Waals surface area contributed by atoms with Crippen molar-refractivity contribution in [3.63, 3.8) is 0 Å². The molecule has 0 aromatic rings. The molecule has 0 atom stereocenters. The monoisotopic (exact) mass is 138 g/mol. The van der Waals surface area contributed by atoms with Gasteiger partial charge < -0.3 is 10.3 Å². The molecule has 0 heterocycles. The maximum absolute atomic E-state index is 5.44. The van der Waals surface area contributed by atoms with Crippen LogP contribution in [-0.2, 0) is 0 Å². The summed E-state index contributed by atoms with van der Waals surface area (Å²) in [6.07, 6.45) is 0. The average Bonchev–Trinajstić information content (AvgIpc) is 1.69. The summed E-state index contributed by atoms with van der Waals surface area (Å²) in [4.78, 5) is 3.09. The summed E-state index contributed by atoms with van der Waals surface area (Å²) in [5.41, 5.74) is 0. The molecule has 0 aliphatic carbocycles. The number of hydrogen-bond acceptors (Lipinski definition) is 2. The van der Waals surface area contributed by atoms with Crippen molar-refractivity contribution in [1.29, 1.82) is 0 Å². The minimum absolute atomic E-state index is 0.424. The van der Waals surface area contributed by atoms with Crippen LogP contribution in [0.15, 0.2) is 0 Å². The normalized spacial score (nSPS) is 11.1. The first kappa shape index (κ1) is 7.43. The van der Waals surface area contributed by atoms with Gasteiger partial charge >= 0.3 is 0 Å². The third-order valence-electron chi connectivity index (χ3n) is 0.646. The van der Waals surface area contributed by atoms with Crippen molar-refractivity contribution >= 4 is 20.1 Å². The Bertz CT molecular complexity index is 32.1. The summed E-state index contributed by atoms with van der Waals surface area (Å²) < 4.78 is 0. The van der Waals surface area contributed by atoms with Gasteiger partial charge in [-0.1, -0.05) is 0 Å². The van der Waals surface area contributed by atoms with Crippen LogP contribution in [0, 0.1) is 0 Å². The third kappa shape index (κ3) is 6.43. The van der Waals surface area contributed by atoms with Gasteiger partial charge in [-0.3, -0.25) is 0 Å². The predicted molar refractivity (Wildman–Crippen MR) is 36.3 cm³/mol. The molecule has 44 valence electrons. The first-order chi connectivity index (χ1) is 3.41. The second kappa shape index (κ2) is 6.43. The zero-order valence-electron chi connectivity index (χ0n) is 4.50. The van der Waals surface area contributed by atoms with E-state index in [0.717, 1.165) is 13.1 Å². The van der Waals surface area contributed by atoms with Crippen LogP contribution in [0.3, 0.4) is 0 Å². The minimum atomic E-state index is -0.424. The van der Waals surface area contributed by atoms with Gasteiger partial charge in [-0.2, -0.15) is 11.1 Å². The average molecular weight is 139 g/mol. The largest absolute Gasteiger partial charge is 0.329 e. The molecule has 7 heavy (non-hydrogen) atoms. The quantitative estimate of drug-likeness (QED) is 0.297. The standard InChI is InChI=1S/C3H11ClN2Si/c1-5-2-3-6-7-4/h5-6H,2-3,7H2,1H3. The lowest BCUT2D eigenvalue weighted by Gasteiger charge is -1.95. The molecular weight excluding hydrogens is 128 g/mol. The fraction of sp³-hybridized carbons (Fsp3) is 1.00. The van der Waals surface area contributed by atoms with Gasteiger partial charge in [0.15, 0.2) is 8.99 Å². The van der Waals surface area contributed by atoms with Crippen molar-refractivity contribution < 1.29 is 0 Å². The second-order valence-corrected chi connectivity index (χ2v) is 2.81. The molecule has 4 heteroatoms. The van der Waals surface area contributed by atoms with Crippen LogP contribution in [-0.4, -0.2) is 29.1 Å². The molecule has 0 saturated heterocycles. The number of halogens is 1. The van der Waals surface area contributed by atoms with Crippen LogP contribution >= 0.6 is 11.1 Å². The molecule has 0 aliphatic rings. The van der Waals surface area contributed by atoms with Crippen molar-refractivity contribution in [2.24, 2.45) is 0 Å². The highest BCUT2D eigenvalue weighted by Crippen LogP contribution is 1.58. The molecule has 2 N–H and O–H groups in total. The molecule has 0 saturated carbocycles. The van der Waals surface area contributed by atoms with E-state index in [1.54, 1.807) is 0 Å². The topological polar surface area (TPSA) is 24.1 Å². The van der Waals surface area contributed by atoms with Crippen molar-refractivity contribution in [3.8, 4) is 0 Å². The minimum Gasteiger partial charge on any atom is -0.329 e. The predicted octanol–water partition coefficient (Wildman–Crippen LogP) is -0.967. The Hall–Kier alpha value is 0.427. The Morgan fingerprint density at radius 1 is 1.57 bits per heavy atom. The highest BCUT2D eigenvalue weighted by atomic mass is 35.6. The van der Waals surface area contributed by atoms with Gasteiger partial charge in [0.25, 0.3) is 0 Å². The van der Waals surface area contributed by atoms with Gasteiger partial charge in [0.1, 0.15) is 0 Å². The second-order valence-electron chi connectivity index (χ2n) is 1.24. The molecule has 0 aromatic carbocycles. The Kier molecular flexibility index (Phi) is 6.82. The molecule has 0 unspecified atom stereocenters. The van der Waals surface area contributed by atoms with Gasteiger partial charge in [0.2, 0.25) is 0 Å². The van der Waals surface area contributed by atoms with Crippen LogP contribution < -0.4 is 10.3 Å². The van der Waals surface area contributed by atoms with E-state index < -0.39 is 8.99 Å². The molecule has 0 aliphatic heterocycles. The van der Waals surface area contributed by atoms with Crippen molar-refractivity contribution in [2.75, 3.05) is 20.1 Å². The van der Waals surface area contributed by atoms with Gasteiger partial charge in [0.05, 0.1) is 0 Å². The number of nitrogens with one attached hydrogen (secondary N) is 2. The van der Waals surface area contributed by atoms with E-state index in [0.29, 0.717) is 0 Å². The lowest BCUT2D eigenvalue weighted by molar-refractivity contribution is 0.770. The summed E-state index contributed by atoms with van der Waals surface area (Å²) in [7, 11) is 1.50. The van der Waals surface area contributed by atoms with Gasteiger partial charge in [-0.15, -0.1) is 0 Å². The van der Waals surface area contributed by atoms with E-state index in [4.69, 9.17) is 11.1 Å². The zero-order chi connectivity index (χ0) is 5.54. The lowest BCUT2D eigenvalue weighted by Crippen LogP contribution is -2.25. The zero-order valence-corrected chi connectivity index (χ0v) is 6.67. The summed E-state index contributed by atoms with van der Waals surface area (Å²) >= 11 is 5.44. The smallest absolute Gasteiger partial charge is 0.195 e. The van der Waals surface area contributed by atoms with Gasteiger partial charge in [0, 0.05) is 13.1 Å². The molecule has 2 nitrogen and oxygen atoms in total. The van der Waals surface area contributed by atoms with Crippen LogP contribution in [0.2, 0.25) is 0 Å². The Morgan fingerprint density at radius 2 is 2.29 bits per heavy atom. The molecule has 0 spiro atoms. The highest BCUT2D eigenvalue weighted by Gasteiger charge is 1.77. The SMILES string of the molecule is CNCCN[SiH2]Cl. The molecule has 0 radical (unpaired) electrons. The van der Waals surface area contributed by atoms with Crippen LogP contribution in [0.4, 0.5) is 0 Å². The van der Waals surface area contributed by atoms with Crippen LogP contribution in [0.1, 0.15) is 0 Å². The van der Waals surface area contributed by atoms with E-state index in [1.807, 2.05) is 7.05 Å². The highest BCUT2D eigenvalue weighted by molar-refractivity contribution is 6.92. The van der Waals surface area contributed by atoms with Crippen molar-refractivity contribution in [2.45, 2.75) is 0 Å². The fourth-order valence-electron chi connectivity index (χ4n) is 0.280. The number of rotatable bonds is 4. The lowest BCUT2D eigenvalue weighted by atomic mass is 10.7. The number of likely N-dealkylation sites (N-methyl/N-ethyl adjacent to an activating group) is 1. The summed E-state index contributed by atoms with van der Waals surface area (Å²) in [5, 5.41) is 3.00. The first-order valence-corrected chi connectivity index (χ1v) is 5.17. The molecule has 0 amide bonds. The van der Waals surface area contributed by atoms with E-state index in [2.05, 4.69) is 10.3 Å². The van der Waals surface area contributed by atoms with E-state index >= 15 is 0 Å². The summed E-state index contributed by atoms with van der Waals surface area (Å²) in [5.74, 6) is 0. The first-order valence-electron chi connectivity index (χ1n) is 2.33. The van der Waals surface area contributed by atoms with Crippen LogP contribution in [0.25, 0.3) is 0 Å². The van der Waals surface area contributed by atoms with Crippen molar-refractivity contribution in [3.05, 3.63) is 0 Å². The van der Waals surface area contributed by atoms with Crippen molar-refractivity contribution in [1.82, 2.24) is 10.3 Å². The Labute approximate surface area is 51.2 Å². The van der Waals surface area contributed by atoms with E-state index in [1.165, 1.54) is 0 Å².